The molecule has 0 saturated heterocycles. The SMILES string of the molecule is Cc1cc(C)c(C(=N)N)c(Oc2ccc(F)cc2C)n1. The van der Waals surface area contributed by atoms with Crippen molar-refractivity contribution in [2.75, 3.05) is 0 Å². The zero-order chi connectivity index (χ0) is 14.9. The van der Waals surface area contributed by atoms with Crippen molar-refractivity contribution in [1.29, 1.82) is 5.41 Å². The van der Waals surface area contributed by atoms with Gasteiger partial charge in [-0.3, -0.25) is 5.41 Å². The number of nitrogens with zero attached hydrogens (tertiary/aromatic N) is 1. The maximum absolute atomic E-state index is 13.1. The highest BCUT2D eigenvalue weighted by Gasteiger charge is 2.15. The van der Waals surface area contributed by atoms with Crippen LogP contribution in [0.3, 0.4) is 0 Å². The number of ether oxygens (including phenoxy) is 1. The summed E-state index contributed by atoms with van der Waals surface area (Å²) in [7, 11) is 0. The minimum atomic E-state index is -0.324. The van der Waals surface area contributed by atoms with E-state index in [1.165, 1.54) is 18.2 Å². The summed E-state index contributed by atoms with van der Waals surface area (Å²) in [5, 5.41) is 7.64. The first-order valence-electron chi connectivity index (χ1n) is 6.15. The molecule has 0 fully saturated rings. The number of aryl methyl sites for hydroxylation is 3. The van der Waals surface area contributed by atoms with Gasteiger partial charge in [-0.05, 0) is 56.2 Å². The zero-order valence-electron chi connectivity index (χ0n) is 11.6. The molecule has 2 aromatic rings. The molecule has 1 heterocycles. The van der Waals surface area contributed by atoms with Crippen LogP contribution in [0.2, 0.25) is 0 Å². The van der Waals surface area contributed by atoms with Gasteiger partial charge in [-0.25, -0.2) is 9.37 Å². The number of halogens is 1. The molecule has 104 valence electrons. The monoisotopic (exact) mass is 273 g/mol. The van der Waals surface area contributed by atoms with Crippen LogP contribution in [-0.4, -0.2) is 10.8 Å². The third-order valence-electron chi connectivity index (χ3n) is 2.92. The third kappa shape index (κ3) is 2.77. The molecule has 0 amide bonds. The molecule has 1 aromatic heterocycles. The molecule has 2 rings (SSSR count). The molecule has 0 aliphatic carbocycles. The van der Waals surface area contributed by atoms with Gasteiger partial charge in [0.2, 0.25) is 5.88 Å². The highest BCUT2D eigenvalue weighted by atomic mass is 19.1. The van der Waals surface area contributed by atoms with Crippen LogP contribution in [0.1, 0.15) is 22.4 Å². The van der Waals surface area contributed by atoms with Gasteiger partial charge in [0.15, 0.2) is 0 Å². The van der Waals surface area contributed by atoms with E-state index in [1.807, 2.05) is 19.9 Å². The summed E-state index contributed by atoms with van der Waals surface area (Å²) in [5.41, 5.74) is 8.28. The number of nitrogen functional groups attached to an aromatic ring is 1. The summed E-state index contributed by atoms with van der Waals surface area (Å²) in [5.74, 6) is 0.330. The third-order valence-corrected chi connectivity index (χ3v) is 2.92. The number of nitrogens with two attached hydrogens (primary N) is 1. The van der Waals surface area contributed by atoms with Crippen LogP contribution in [0.25, 0.3) is 0 Å². The average molecular weight is 273 g/mol. The first kappa shape index (κ1) is 14.0. The second kappa shape index (κ2) is 5.28. The molecule has 0 saturated carbocycles. The van der Waals surface area contributed by atoms with E-state index < -0.39 is 0 Å². The summed E-state index contributed by atoms with van der Waals surface area (Å²) in [4.78, 5) is 4.28. The molecule has 4 nitrogen and oxygen atoms in total. The summed E-state index contributed by atoms with van der Waals surface area (Å²) < 4.78 is 18.8. The number of benzene rings is 1. The number of hydrogen-bond acceptors (Lipinski definition) is 3. The summed E-state index contributed by atoms with van der Waals surface area (Å²) >= 11 is 0. The standard InChI is InChI=1S/C15H16FN3O/c1-8-7-11(16)4-5-12(8)20-15-13(14(17)18)9(2)6-10(3)19-15/h4-7H,1-3H3,(H3,17,18). The molecule has 0 spiro atoms. The van der Waals surface area contributed by atoms with E-state index in [4.69, 9.17) is 15.9 Å². The van der Waals surface area contributed by atoms with E-state index in [-0.39, 0.29) is 17.5 Å². The van der Waals surface area contributed by atoms with E-state index in [2.05, 4.69) is 4.98 Å². The summed E-state index contributed by atoms with van der Waals surface area (Å²) in [6.07, 6.45) is 0. The number of aromatic nitrogens is 1. The Morgan fingerprint density at radius 1 is 1.20 bits per heavy atom. The minimum absolute atomic E-state index is 0.107. The first-order chi connectivity index (χ1) is 9.38. The molecule has 1 aromatic carbocycles. The van der Waals surface area contributed by atoms with Gasteiger partial charge in [0, 0.05) is 5.69 Å². The Hall–Kier alpha value is -2.43. The van der Waals surface area contributed by atoms with E-state index in [1.54, 1.807) is 6.92 Å². The Bertz CT molecular complexity index is 683. The predicted octanol–water partition coefficient (Wildman–Crippen LogP) is 3.22. The fourth-order valence-corrected chi connectivity index (χ4v) is 2.04. The Kier molecular flexibility index (Phi) is 3.70. The molecule has 0 radical (unpaired) electrons. The molecule has 5 heteroatoms. The number of amidine groups is 1. The van der Waals surface area contributed by atoms with Crippen LogP contribution in [0.5, 0.6) is 11.6 Å². The molecular weight excluding hydrogens is 257 g/mol. The van der Waals surface area contributed by atoms with Crippen LogP contribution < -0.4 is 10.5 Å². The van der Waals surface area contributed by atoms with E-state index >= 15 is 0 Å². The van der Waals surface area contributed by atoms with Gasteiger partial charge in [0.05, 0.1) is 5.56 Å². The second-order valence-electron chi connectivity index (χ2n) is 4.69. The highest BCUT2D eigenvalue weighted by molar-refractivity contribution is 5.98. The van der Waals surface area contributed by atoms with Gasteiger partial charge >= 0.3 is 0 Å². The molecule has 3 N–H and O–H groups in total. The van der Waals surface area contributed by atoms with Gasteiger partial charge in [-0.15, -0.1) is 0 Å². The molecule has 20 heavy (non-hydrogen) atoms. The maximum atomic E-state index is 13.1. The van der Waals surface area contributed by atoms with Crippen molar-refractivity contribution in [3.63, 3.8) is 0 Å². The number of nitrogens with one attached hydrogen (secondary N) is 1. The Labute approximate surface area is 116 Å². The van der Waals surface area contributed by atoms with Crippen molar-refractivity contribution in [1.82, 2.24) is 4.98 Å². The molecule has 0 aliphatic heterocycles. The number of pyridine rings is 1. The van der Waals surface area contributed by atoms with Crippen LogP contribution in [-0.2, 0) is 0 Å². The maximum Gasteiger partial charge on any atom is 0.230 e. The van der Waals surface area contributed by atoms with Crippen molar-refractivity contribution in [3.8, 4) is 11.6 Å². The highest BCUT2D eigenvalue weighted by Crippen LogP contribution is 2.28. The number of hydrogen-bond donors (Lipinski definition) is 2. The average Bonchev–Trinajstić information content (AvgIpc) is 2.31. The Morgan fingerprint density at radius 2 is 1.90 bits per heavy atom. The molecule has 0 bridgehead atoms. The smallest absolute Gasteiger partial charge is 0.230 e. The van der Waals surface area contributed by atoms with E-state index in [0.717, 1.165) is 11.3 Å². The molecule has 0 atom stereocenters. The lowest BCUT2D eigenvalue weighted by Gasteiger charge is -2.14. The van der Waals surface area contributed by atoms with Gasteiger partial charge in [-0.1, -0.05) is 0 Å². The second-order valence-corrected chi connectivity index (χ2v) is 4.69. The lowest BCUT2D eigenvalue weighted by Crippen LogP contribution is -2.15. The fraction of sp³-hybridized carbons (Fsp3) is 0.200. The predicted molar refractivity (Wildman–Crippen MR) is 75.9 cm³/mol. The largest absolute Gasteiger partial charge is 0.438 e. The van der Waals surface area contributed by atoms with E-state index in [0.29, 0.717) is 16.9 Å². The summed E-state index contributed by atoms with van der Waals surface area (Å²) in [6.45, 7) is 5.42. The number of rotatable bonds is 3. The Balaban J connectivity index is 2.50. The van der Waals surface area contributed by atoms with Crippen molar-refractivity contribution < 1.29 is 9.13 Å². The van der Waals surface area contributed by atoms with E-state index in [9.17, 15) is 4.39 Å². The van der Waals surface area contributed by atoms with Crippen molar-refractivity contribution >= 4 is 5.84 Å². The van der Waals surface area contributed by atoms with Crippen LogP contribution in [0, 0.1) is 32.0 Å². The van der Waals surface area contributed by atoms with Gasteiger partial charge in [-0.2, -0.15) is 0 Å². The fourth-order valence-electron chi connectivity index (χ4n) is 2.04. The van der Waals surface area contributed by atoms with Crippen LogP contribution in [0.4, 0.5) is 4.39 Å². The van der Waals surface area contributed by atoms with Gasteiger partial charge in [0.1, 0.15) is 17.4 Å². The lowest BCUT2D eigenvalue weighted by atomic mass is 10.1. The van der Waals surface area contributed by atoms with Crippen molar-refractivity contribution in [3.05, 3.63) is 52.5 Å². The minimum Gasteiger partial charge on any atom is -0.438 e. The Morgan fingerprint density at radius 3 is 2.50 bits per heavy atom. The molecular formula is C15H16FN3O. The van der Waals surface area contributed by atoms with Crippen LogP contribution in [0.15, 0.2) is 24.3 Å². The van der Waals surface area contributed by atoms with Crippen molar-refractivity contribution in [2.45, 2.75) is 20.8 Å². The van der Waals surface area contributed by atoms with Crippen molar-refractivity contribution in [2.24, 2.45) is 5.73 Å². The molecule has 0 aliphatic rings. The van der Waals surface area contributed by atoms with Crippen LogP contribution >= 0.6 is 0 Å². The summed E-state index contributed by atoms with van der Waals surface area (Å²) in [6, 6.07) is 6.07. The zero-order valence-corrected chi connectivity index (χ0v) is 11.6. The quantitative estimate of drug-likeness (QED) is 0.666. The first-order valence-corrected chi connectivity index (χ1v) is 6.15. The van der Waals surface area contributed by atoms with Gasteiger partial charge < -0.3 is 10.5 Å². The topological polar surface area (TPSA) is 72.0 Å². The molecule has 0 unspecified atom stereocenters. The van der Waals surface area contributed by atoms with Gasteiger partial charge in [0.25, 0.3) is 0 Å². The lowest BCUT2D eigenvalue weighted by molar-refractivity contribution is 0.454. The normalized spacial score (nSPS) is 10.4.